The summed E-state index contributed by atoms with van der Waals surface area (Å²) in [5.41, 5.74) is 9.19. The largest absolute Gasteiger partial charge is 0.352 e. The van der Waals surface area contributed by atoms with E-state index in [2.05, 4.69) is 5.32 Å². The van der Waals surface area contributed by atoms with E-state index in [1.807, 2.05) is 75.4 Å². The molecule has 3 aromatic rings. The van der Waals surface area contributed by atoms with Gasteiger partial charge in [0.25, 0.3) is 11.5 Å². The van der Waals surface area contributed by atoms with Crippen LogP contribution < -0.4 is 16.6 Å². The number of nitrogens with one attached hydrogen (secondary N) is 1. The fourth-order valence-corrected chi connectivity index (χ4v) is 4.57. The molecule has 0 aliphatic carbocycles. The second-order valence-electron chi connectivity index (χ2n) is 10.0. The van der Waals surface area contributed by atoms with Crippen molar-refractivity contribution in [3.63, 3.8) is 0 Å². The van der Waals surface area contributed by atoms with Gasteiger partial charge in [-0.3, -0.25) is 19.0 Å². The number of halogens is 1. The van der Waals surface area contributed by atoms with Gasteiger partial charge in [0, 0.05) is 24.7 Å². The lowest BCUT2D eigenvalue weighted by Crippen LogP contribution is -2.43. The Balaban J connectivity index is 0.00000533. The highest BCUT2D eigenvalue weighted by atomic mass is 35.5. The van der Waals surface area contributed by atoms with Gasteiger partial charge in [0.2, 0.25) is 5.91 Å². The van der Waals surface area contributed by atoms with Crippen LogP contribution >= 0.6 is 12.4 Å². The van der Waals surface area contributed by atoms with Crippen LogP contribution in [-0.4, -0.2) is 39.4 Å². The number of carbonyl (C=O) groups is 2. The van der Waals surface area contributed by atoms with Crippen molar-refractivity contribution in [2.75, 3.05) is 13.1 Å². The number of hydrogen-bond acceptors (Lipinski definition) is 5. The maximum absolute atomic E-state index is 13.9. The summed E-state index contributed by atoms with van der Waals surface area (Å²) >= 11 is 0. The molecule has 9 heteroatoms. The van der Waals surface area contributed by atoms with Crippen molar-refractivity contribution in [3.8, 4) is 0 Å². The molecule has 1 unspecified atom stereocenters. The van der Waals surface area contributed by atoms with Crippen LogP contribution in [0.15, 0.2) is 59.4 Å². The molecule has 0 bridgehead atoms. The molecular formula is C30H40ClN5O3. The topological polar surface area (TPSA) is 110 Å². The molecule has 39 heavy (non-hydrogen) atoms. The molecule has 3 rings (SSSR count). The molecule has 3 N–H and O–H groups in total. The standard InChI is InChI=1S/C30H39N5O3.ClH/c1-20(2)27(34(17-9-16-31)29(37)25-14-12-21(3)13-15-25)28-33-22(4)26(18-32-23(5)36)30(38)35(28)19-24-10-7-6-8-11-24;/h6-8,10-15,20,27H,9,16-19,31H2,1-5H3,(H,32,36);1H. The van der Waals surface area contributed by atoms with E-state index in [4.69, 9.17) is 10.7 Å². The Hall–Kier alpha value is -3.49. The summed E-state index contributed by atoms with van der Waals surface area (Å²) in [7, 11) is 0. The summed E-state index contributed by atoms with van der Waals surface area (Å²) in [6, 6.07) is 16.7. The van der Waals surface area contributed by atoms with Crippen LogP contribution in [0, 0.1) is 19.8 Å². The Kier molecular flexibility index (Phi) is 11.9. The fourth-order valence-electron chi connectivity index (χ4n) is 4.57. The van der Waals surface area contributed by atoms with Crippen LogP contribution in [0.3, 0.4) is 0 Å². The lowest BCUT2D eigenvalue weighted by atomic mass is 9.98. The number of carbonyl (C=O) groups excluding carboxylic acids is 2. The summed E-state index contributed by atoms with van der Waals surface area (Å²) in [5, 5.41) is 2.73. The Morgan fingerprint density at radius 2 is 1.69 bits per heavy atom. The number of amides is 2. The van der Waals surface area contributed by atoms with Crippen LogP contribution in [0.4, 0.5) is 0 Å². The summed E-state index contributed by atoms with van der Waals surface area (Å²) in [5.74, 6) is 0.129. The van der Waals surface area contributed by atoms with Crippen molar-refractivity contribution in [2.24, 2.45) is 11.7 Å². The minimum Gasteiger partial charge on any atom is -0.352 e. The minimum atomic E-state index is -0.472. The van der Waals surface area contributed by atoms with Crippen molar-refractivity contribution in [1.82, 2.24) is 19.8 Å². The van der Waals surface area contributed by atoms with Gasteiger partial charge in [0.1, 0.15) is 5.82 Å². The Morgan fingerprint density at radius 3 is 2.26 bits per heavy atom. The molecule has 0 aliphatic rings. The SMILES string of the molecule is CC(=O)NCc1c(C)nc(C(C(C)C)N(CCCN)C(=O)c2ccc(C)cc2)n(Cc2ccccc2)c1=O.Cl. The van der Waals surface area contributed by atoms with E-state index in [0.717, 1.165) is 11.1 Å². The molecule has 2 aromatic carbocycles. The summed E-state index contributed by atoms with van der Waals surface area (Å²) < 4.78 is 1.65. The molecule has 8 nitrogen and oxygen atoms in total. The van der Waals surface area contributed by atoms with Gasteiger partial charge in [-0.15, -0.1) is 12.4 Å². The third-order valence-corrected chi connectivity index (χ3v) is 6.59. The molecule has 0 spiro atoms. The number of benzene rings is 2. The Bertz CT molecular complexity index is 1310. The highest BCUT2D eigenvalue weighted by molar-refractivity contribution is 5.94. The van der Waals surface area contributed by atoms with Gasteiger partial charge in [-0.05, 0) is 50.4 Å². The highest BCUT2D eigenvalue weighted by Crippen LogP contribution is 2.30. The zero-order valence-corrected chi connectivity index (χ0v) is 24.3. The molecule has 0 aliphatic heterocycles. The Labute approximate surface area is 237 Å². The van der Waals surface area contributed by atoms with E-state index in [0.29, 0.717) is 48.7 Å². The average molecular weight is 554 g/mol. The second-order valence-corrected chi connectivity index (χ2v) is 10.0. The zero-order valence-electron chi connectivity index (χ0n) is 23.4. The molecule has 0 saturated heterocycles. The normalized spacial score (nSPS) is 11.6. The first-order valence-corrected chi connectivity index (χ1v) is 13.1. The predicted molar refractivity (Wildman–Crippen MR) is 157 cm³/mol. The number of aryl methyl sites for hydroxylation is 2. The lowest BCUT2D eigenvalue weighted by molar-refractivity contribution is -0.119. The van der Waals surface area contributed by atoms with Crippen molar-refractivity contribution in [3.05, 3.63) is 98.7 Å². The molecule has 210 valence electrons. The van der Waals surface area contributed by atoms with E-state index < -0.39 is 6.04 Å². The molecule has 0 fully saturated rings. The predicted octanol–water partition coefficient (Wildman–Crippen LogP) is 4.15. The van der Waals surface area contributed by atoms with E-state index in [1.54, 1.807) is 16.4 Å². The first kappa shape index (κ1) is 31.7. The van der Waals surface area contributed by atoms with Gasteiger partial charge in [-0.25, -0.2) is 4.98 Å². The fraction of sp³-hybridized carbons (Fsp3) is 0.400. The van der Waals surface area contributed by atoms with Gasteiger partial charge >= 0.3 is 0 Å². The van der Waals surface area contributed by atoms with E-state index in [-0.39, 0.29) is 42.2 Å². The van der Waals surface area contributed by atoms with Gasteiger partial charge in [-0.1, -0.05) is 61.9 Å². The summed E-state index contributed by atoms with van der Waals surface area (Å²) in [6.07, 6.45) is 0.614. The van der Waals surface area contributed by atoms with Crippen LogP contribution in [0.2, 0.25) is 0 Å². The molecular weight excluding hydrogens is 514 g/mol. The molecule has 2 amide bonds. The quantitative estimate of drug-likeness (QED) is 0.370. The van der Waals surface area contributed by atoms with Gasteiger partial charge in [0.15, 0.2) is 0 Å². The maximum atomic E-state index is 13.9. The lowest BCUT2D eigenvalue weighted by Gasteiger charge is -2.36. The van der Waals surface area contributed by atoms with Crippen molar-refractivity contribution >= 4 is 24.2 Å². The summed E-state index contributed by atoms with van der Waals surface area (Å²) in [4.78, 5) is 46.1. The third kappa shape index (κ3) is 8.00. The first-order chi connectivity index (χ1) is 18.1. The smallest absolute Gasteiger partial charge is 0.259 e. The maximum Gasteiger partial charge on any atom is 0.259 e. The van der Waals surface area contributed by atoms with Gasteiger partial charge in [-0.2, -0.15) is 0 Å². The van der Waals surface area contributed by atoms with Crippen LogP contribution in [0.5, 0.6) is 0 Å². The molecule has 1 heterocycles. The van der Waals surface area contributed by atoms with Crippen molar-refractivity contribution < 1.29 is 9.59 Å². The molecule has 1 atom stereocenters. The Morgan fingerprint density at radius 1 is 1.05 bits per heavy atom. The molecule has 1 aromatic heterocycles. The van der Waals surface area contributed by atoms with Crippen molar-refractivity contribution in [2.45, 2.75) is 60.2 Å². The van der Waals surface area contributed by atoms with E-state index in [9.17, 15) is 14.4 Å². The third-order valence-electron chi connectivity index (χ3n) is 6.59. The van der Waals surface area contributed by atoms with Crippen LogP contribution in [0.1, 0.15) is 71.8 Å². The summed E-state index contributed by atoms with van der Waals surface area (Å²) in [6.45, 7) is 10.5. The van der Waals surface area contributed by atoms with Crippen LogP contribution in [0.25, 0.3) is 0 Å². The van der Waals surface area contributed by atoms with E-state index in [1.165, 1.54) is 6.92 Å². The second kappa shape index (κ2) is 14.6. The monoisotopic (exact) mass is 553 g/mol. The average Bonchev–Trinajstić information content (AvgIpc) is 2.88. The van der Waals surface area contributed by atoms with Crippen LogP contribution in [-0.2, 0) is 17.9 Å². The number of rotatable bonds is 11. The van der Waals surface area contributed by atoms with Gasteiger partial charge in [0.05, 0.1) is 24.7 Å². The molecule has 0 saturated carbocycles. The minimum absolute atomic E-state index is 0. The van der Waals surface area contributed by atoms with E-state index >= 15 is 0 Å². The van der Waals surface area contributed by atoms with Gasteiger partial charge < -0.3 is 16.0 Å². The zero-order chi connectivity index (χ0) is 27.8. The number of nitrogens with two attached hydrogens (primary N) is 1. The first-order valence-electron chi connectivity index (χ1n) is 13.1. The number of hydrogen-bond donors (Lipinski definition) is 2. The highest BCUT2D eigenvalue weighted by Gasteiger charge is 2.33. The molecule has 0 radical (unpaired) electrons. The number of aromatic nitrogens is 2. The number of nitrogens with zero attached hydrogens (tertiary/aromatic N) is 3. The van der Waals surface area contributed by atoms with Crippen molar-refractivity contribution in [1.29, 1.82) is 0 Å².